The largest absolute Gasteiger partial charge is 0.309 e. The van der Waals surface area contributed by atoms with Crippen LogP contribution in [0.1, 0.15) is 31.2 Å². The summed E-state index contributed by atoms with van der Waals surface area (Å²) < 4.78 is 0. The van der Waals surface area contributed by atoms with Crippen LogP contribution in [-0.4, -0.2) is 23.0 Å². The van der Waals surface area contributed by atoms with Crippen molar-refractivity contribution in [3.8, 4) is 0 Å². The number of thiazole rings is 1. The van der Waals surface area contributed by atoms with Crippen LogP contribution in [0.15, 0.2) is 11.7 Å². The topological polar surface area (TPSA) is 24.9 Å². The molecule has 0 aliphatic rings. The first-order valence-corrected chi connectivity index (χ1v) is 7.05. The average Bonchev–Trinajstić information content (AvgIpc) is 2.70. The minimum absolute atomic E-state index is 0.441. The average molecular weight is 230 g/mol. The zero-order valence-electron chi connectivity index (χ0n) is 8.99. The molecule has 1 N–H and O–H groups in total. The van der Waals surface area contributed by atoms with Crippen molar-refractivity contribution in [1.82, 2.24) is 10.3 Å². The summed E-state index contributed by atoms with van der Waals surface area (Å²) in [5.41, 5.74) is 1.89. The molecule has 2 nitrogen and oxygen atoms in total. The van der Waals surface area contributed by atoms with Gasteiger partial charge in [0.15, 0.2) is 0 Å². The van der Waals surface area contributed by atoms with Gasteiger partial charge in [0.05, 0.1) is 5.51 Å². The Bertz CT molecular complexity index is 236. The molecule has 0 aliphatic carbocycles. The second-order valence-electron chi connectivity index (χ2n) is 3.41. The van der Waals surface area contributed by atoms with Crippen LogP contribution in [0.4, 0.5) is 0 Å². The van der Waals surface area contributed by atoms with E-state index < -0.39 is 0 Å². The maximum atomic E-state index is 4.08. The van der Waals surface area contributed by atoms with Crippen LogP contribution in [0.2, 0.25) is 0 Å². The Morgan fingerprint density at radius 3 is 2.93 bits per heavy atom. The highest BCUT2D eigenvalue weighted by molar-refractivity contribution is 7.99. The molecule has 14 heavy (non-hydrogen) atoms. The van der Waals surface area contributed by atoms with E-state index in [4.69, 9.17) is 0 Å². The van der Waals surface area contributed by atoms with Crippen LogP contribution < -0.4 is 5.32 Å². The number of nitrogens with one attached hydrogen (secondary N) is 1. The lowest BCUT2D eigenvalue weighted by atomic mass is 10.2. The summed E-state index contributed by atoms with van der Waals surface area (Å²) in [7, 11) is 0. The molecular weight excluding hydrogens is 212 g/mol. The molecule has 0 bridgehead atoms. The van der Waals surface area contributed by atoms with Gasteiger partial charge in [-0.25, -0.2) is 0 Å². The van der Waals surface area contributed by atoms with Crippen molar-refractivity contribution >= 4 is 23.1 Å². The standard InChI is InChI=1S/C10H18N2S2/c1-8(13-3)4-5-12-9(2)10-6-11-7-14-10/h6-9,12H,4-5H2,1-3H3. The van der Waals surface area contributed by atoms with Crippen LogP contribution in [0.5, 0.6) is 0 Å². The molecule has 0 spiro atoms. The molecule has 0 amide bonds. The molecule has 1 aromatic rings. The highest BCUT2D eigenvalue weighted by Gasteiger charge is 2.06. The lowest BCUT2D eigenvalue weighted by molar-refractivity contribution is 0.564. The van der Waals surface area contributed by atoms with Crippen LogP contribution in [-0.2, 0) is 0 Å². The van der Waals surface area contributed by atoms with E-state index in [1.807, 2.05) is 23.5 Å². The van der Waals surface area contributed by atoms with E-state index in [2.05, 4.69) is 30.4 Å². The summed E-state index contributed by atoms with van der Waals surface area (Å²) in [4.78, 5) is 5.40. The zero-order valence-corrected chi connectivity index (χ0v) is 10.6. The second-order valence-corrected chi connectivity index (χ2v) is 5.61. The van der Waals surface area contributed by atoms with E-state index in [0.717, 1.165) is 11.8 Å². The first-order chi connectivity index (χ1) is 6.74. The number of rotatable bonds is 6. The Kier molecular flexibility index (Phi) is 5.52. The van der Waals surface area contributed by atoms with Crippen LogP contribution in [0.3, 0.4) is 0 Å². The van der Waals surface area contributed by atoms with E-state index in [1.54, 1.807) is 11.3 Å². The van der Waals surface area contributed by atoms with Crippen LogP contribution >= 0.6 is 23.1 Å². The summed E-state index contributed by atoms with van der Waals surface area (Å²) in [6.07, 6.45) is 5.34. The highest BCUT2D eigenvalue weighted by Crippen LogP contribution is 2.16. The summed E-state index contributed by atoms with van der Waals surface area (Å²) in [6.45, 7) is 5.54. The van der Waals surface area contributed by atoms with Gasteiger partial charge in [0.1, 0.15) is 0 Å². The van der Waals surface area contributed by atoms with Gasteiger partial charge in [-0.05, 0) is 26.1 Å². The Morgan fingerprint density at radius 2 is 2.36 bits per heavy atom. The summed E-state index contributed by atoms with van der Waals surface area (Å²) in [5, 5.41) is 4.25. The third-order valence-corrected chi connectivity index (χ3v) is 4.28. The van der Waals surface area contributed by atoms with E-state index >= 15 is 0 Å². The molecule has 0 aliphatic heterocycles. The molecule has 2 unspecified atom stereocenters. The van der Waals surface area contributed by atoms with E-state index in [-0.39, 0.29) is 0 Å². The first-order valence-electron chi connectivity index (χ1n) is 4.88. The van der Waals surface area contributed by atoms with Gasteiger partial charge in [-0.3, -0.25) is 4.98 Å². The minimum atomic E-state index is 0.441. The van der Waals surface area contributed by atoms with Crippen molar-refractivity contribution in [3.63, 3.8) is 0 Å². The molecule has 1 heterocycles. The molecule has 2 atom stereocenters. The Balaban J connectivity index is 2.19. The Labute approximate surface area is 94.5 Å². The zero-order chi connectivity index (χ0) is 10.4. The first kappa shape index (κ1) is 12.0. The molecule has 0 radical (unpaired) electrons. The molecule has 0 aromatic carbocycles. The van der Waals surface area contributed by atoms with Crippen molar-refractivity contribution in [2.75, 3.05) is 12.8 Å². The molecule has 4 heteroatoms. The smallest absolute Gasteiger partial charge is 0.0794 e. The fourth-order valence-corrected chi connectivity index (χ4v) is 2.17. The van der Waals surface area contributed by atoms with Crippen molar-refractivity contribution in [3.05, 3.63) is 16.6 Å². The van der Waals surface area contributed by atoms with Crippen LogP contribution in [0.25, 0.3) is 0 Å². The fourth-order valence-electron chi connectivity index (χ4n) is 1.16. The third-order valence-electron chi connectivity index (χ3n) is 2.28. The highest BCUT2D eigenvalue weighted by atomic mass is 32.2. The molecule has 1 aromatic heterocycles. The monoisotopic (exact) mass is 230 g/mol. The molecule has 0 fully saturated rings. The van der Waals surface area contributed by atoms with Crippen molar-refractivity contribution < 1.29 is 0 Å². The van der Waals surface area contributed by atoms with Gasteiger partial charge in [0.25, 0.3) is 0 Å². The van der Waals surface area contributed by atoms with Gasteiger partial charge < -0.3 is 5.32 Å². The Hall–Kier alpha value is -0.0600. The number of thioether (sulfide) groups is 1. The van der Waals surface area contributed by atoms with Gasteiger partial charge in [-0.2, -0.15) is 11.8 Å². The predicted octanol–water partition coefficient (Wildman–Crippen LogP) is 2.94. The predicted molar refractivity (Wildman–Crippen MR) is 66.1 cm³/mol. The van der Waals surface area contributed by atoms with Gasteiger partial charge in [-0.1, -0.05) is 6.92 Å². The SMILES string of the molecule is CSC(C)CCNC(C)c1cncs1. The third kappa shape index (κ3) is 3.98. The van der Waals surface area contributed by atoms with Gasteiger partial charge in [-0.15, -0.1) is 11.3 Å². The summed E-state index contributed by atoms with van der Waals surface area (Å²) >= 11 is 3.64. The lowest BCUT2D eigenvalue weighted by Crippen LogP contribution is -2.21. The van der Waals surface area contributed by atoms with Crippen molar-refractivity contribution in [2.24, 2.45) is 0 Å². The normalized spacial score (nSPS) is 15.4. The quantitative estimate of drug-likeness (QED) is 0.813. The van der Waals surface area contributed by atoms with Gasteiger partial charge >= 0.3 is 0 Å². The van der Waals surface area contributed by atoms with Crippen LogP contribution in [0, 0.1) is 0 Å². The van der Waals surface area contributed by atoms with E-state index in [0.29, 0.717) is 6.04 Å². The summed E-state index contributed by atoms with van der Waals surface area (Å²) in [5.74, 6) is 0. The molecule has 0 saturated carbocycles. The maximum absolute atomic E-state index is 4.08. The fraction of sp³-hybridized carbons (Fsp3) is 0.700. The number of nitrogens with zero attached hydrogens (tertiary/aromatic N) is 1. The lowest BCUT2D eigenvalue weighted by Gasteiger charge is -2.13. The molecule has 80 valence electrons. The van der Waals surface area contributed by atoms with E-state index in [9.17, 15) is 0 Å². The molecule has 0 saturated heterocycles. The molecular formula is C10H18N2S2. The Morgan fingerprint density at radius 1 is 1.57 bits per heavy atom. The van der Waals surface area contributed by atoms with E-state index in [1.165, 1.54) is 11.3 Å². The van der Waals surface area contributed by atoms with Crippen molar-refractivity contribution in [1.29, 1.82) is 0 Å². The van der Waals surface area contributed by atoms with Crippen molar-refractivity contribution in [2.45, 2.75) is 31.6 Å². The number of hydrogen-bond donors (Lipinski definition) is 1. The second kappa shape index (κ2) is 6.43. The molecule has 1 rings (SSSR count). The number of aromatic nitrogens is 1. The maximum Gasteiger partial charge on any atom is 0.0794 e. The summed E-state index contributed by atoms with van der Waals surface area (Å²) in [6, 6.07) is 0.441. The minimum Gasteiger partial charge on any atom is -0.309 e. The van der Waals surface area contributed by atoms with Gasteiger partial charge in [0, 0.05) is 22.4 Å². The number of hydrogen-bond acceptors (Lipinski definition) is 4. The van der Waals surface area contributed by atoms with Gasteiger partial charge in [0.2, 0.25) is 0 Å².